The van der Waals surface area contributed by atoms with E-state index >= 15 is 0 Å². The van der Waals surface area contributed by atoms with Crippen molar-refractivity contribution in [2.75, 3.05) is 0 Å². The lowest BCUT2D eigenvalue weighted by Crippen LogP contribution is -2.23. The molecule has 0 atom stereocenters. The third kappa shape index (κ3) is 2.22. The molecule has 0 fully saturated rings. The zero-order valence-corrected chi connectivity index (χ0v) is 11.1. The molecule has 3 rings (SSSR count). The number of benzene rings is 1. The van der Waals surface area contributed by atoms with Crippen LogP contribution in [0.4, 0.5) is 0 Å². The Morgan fingerprint density at radius 1 is 1.42 bits per heavy atom. The van der Waals surface area contributed by atoms with Crippen LogP contribution in [0.1, 0.15) is 21.1 Å². The van der Waals surface area contributed by atoms with Crippen molar-refractivity contribution in [3.8, 4) is 0 Å². The van der Waals surface area contributed by atoms with Crippen molar-refractivity contribution < 1.29 is 4.79 Å². The number of aryl methyl sites for hydroxylation is 1. The molecule has 0 bridgehead atoms. The second-order valence-corrected chi connectivity index (χ2v) is 5.22. The summed E-state index contributed by atoms with van der Waals surface area (Å²) in [5, 5.41) is 10.4. The Bertz CT molecular complexity index is 717. The number of amides is 1. The van der Waals surface area contributed by atoms with E-state index in [9.17, 15) is 4.79 Å². The van der Waals surface area contributed by atoms with Gasteiger partial charge < -0.3 is 5.32 Å². The highest BCUT2D eigenvalue weighted by molar-refractivity contribution is 7.21. The number of rotatable bonds is 3. The van der Waals surface area contributed by atoms with Crippen molar-refractivity contribution in [2.24, 2.45) is 0 Å². The number of nitrogens with zero attached hydrogens (tertiary/aromatic N) is 2. The van der Waals surface area contributed by atoms with Crippen LogP contribution in [0.2, 0.25) is 0 Å². The molecule has 2 heterocycles. The Balaban J connectivity index is 1.83. The maximum Gasteiger partial charge on any atom is 0.262 e. The van der Waals surface area contributed by atoms with Gasteiger partial charge in [0.05, 0.1) is 11.4 Å². The van der Waals surface area contributed by atoms with Crippen molar-refractivity contribution in [3.05, 3.63) is 46.9 Å². The Morgan fingerprint density at radius 2 is 2.26 bits per heavy atom. The largest absolute Gasteiger partial charge is 0.344 e. The predicted octanol–water partition coefficient (Wildman–Crippen LogP) is 2.26. The van der Waals surface area contributed by atoms with E-state index in [0.29, 0.717) is 12.4 Å². The first-order valence-corrected chi connectivity index (χ1v) is 6.68. The quantitative estimate of drug-likeness (QED) is 0.768. The Kier molecular flexibility index (Phi) is 3.00. The van der Waals surface area contributed by atoms with Crippen LogP contribution in [0.25, 0.3) is 10.1 Å². The summed E-state index contributed by atoms with van der Waals surface area (Å²) in [7, 11) is 0. The van der Waals surface area contributed by atoms with Gasteiger partial charge in [0.15, 0.2) is 0 Å². The smallest absolute Gasteiger partial charge is 0.262 e. The van der Waals surface area contributed by atoms with Crippen LogP contribution >= 0.6 is 11.3 Å². The molecule has 0 aliphatic carbocycles. The number of fused-ring (bicyclic) bond motifs is 1. The number of aromatic amines is 1. The van der Waals surface area contributed by atoms with E-state index < -0.39 is 0 Å². The minimum absolute atomic E-state index is 0.0740. The summed E-state index contributed by atoms with van der Waals surface area (Å²) in [6.45, 7) is 2.33. The van der Waals surface area contributed by atoms with E-state index in [1.54, 1.807) is 0 Å². The fraction of sp³-hybridized carbons (Fsp3) is 0.154. The van der Waals surface area contributed by atoms with Gasteiger partial charge in [-0.1, -0.05) is 18.2 Å². The summed E-state index contributed by atoms with van der Waals surface area (Å²) in [5.41, 5.74) is 1.02. The first-order valence-electron chi connectivity index (χ1n) is 5.86. The Hall–Kier alpha value is -2.21. The van der Waals surface area contributed by atoms with E-state index in [4.69, 9.17) is 0 Å². The van der Waals surface area contributed by atoms with Gasteiger partial charge in [0.2, 0.25) is 0 Å². The molecule has 0 saturated carbocycles. The first kappa shape index (κ1) is 11.9. The van der Waals surface area contributed by atoms with Gasteiger partial charge in [-0.2, -0.15) is 5.10 Å². The number of thiophene rings is 1. The number of hydrogen-bond donors (Lipinski definition) is 2. The molecule has 6 heteroatoms. The summed E-state index contributed by atoms with van der Waals surface area (Å²) in [4.78, 5) is 16.9. The standard InChI is InChI=1S/C13H12N4OS/c1-8-9-4-2-3-5-10(9)19-12(8)13(18)14-6-11-15-7-16-17-11/h2-5,7H,6H2,1H3,(H,14,18)(H,15,16,17). The van der Waals surface area contributed by atoms with Crippen molar-refractivity contribution in [1.82, 2.24) is 20.5 Å². The number of carbonyl (C=O) groups excluding carboxylic acids is 1. The highest BCUT2D eigenvalue weighted by Gasteiger charge is 2.15. The molecule has 0 unspecified atom stereocenters. The van der Waals surface area contributed by atoms with Crippen LogP contribution in [0.3, 0.4) is 0 Å². The van der Waals surface area contributed by atoms with Crippen LogP contribution in [0.15, 0.2) is 30.6 Å². The van der Waals surface area contributed by atoms with Gasteiger partial charge in [0.25, 0.3) is 5.91 Å². The maximum absolute atomic E-state index is 12.2. The van der Waals surface area contributed by atoms with Crippen molar-refractivity contribution in [3.63, 3.8) is 0 Å². The fourth-order valence-corrected chi connectivity index (χ4v) is 3.08. The highest BCUT2D eigenvalue weighted by atomic mass is 32.1. The number of nitrogens with one attached hydrogen (secondary N) is 2. The predicted molar refractivity (Wildman–Crippen MR) is 74.1 cm³/mol. The lowest BCUT2D eigenvalue weighted by atomic mass is 10.1. The molecule has 2 aromatic heterocycles. The fourth-order valence-electron chi connectivity index (χ4n) is 1.95. The number of aromatic nitrogens is 3. The second kappa shape index (κ2) is 4.81. The van der Waals surface area contributed by atoms with Gasteiger partial charge in [-0.3, -0.25) is 9.89 Å². The molecule has 96 valence electrons. The molecule has 0 radical (unpaired) electrons. The number of hydrogen-bond acceptors (Lipinski definition) is 4. The minimum atomic E-state index is -0.0740. The van der Waals surface area contributed by atoms with Gasteiger partial charge >= 0.3 is 0 Å². The van der Waals surface area contributed by atoms with E-state index in [0.717, 1.165) is 20.5 Å². The SMILES string of the molecule is Cc1c(C(=O)NCc2ncn[nH]2)sc2ccccc12. The Morgan fingerprint density at radius 3 is 3.00 bits per heavy atom. The molecular weight excluding hydrogens is 260 g/mol. The highest BCUT2D eigenvalue weighted by Crippen LogP contribution is 2.30. The molecule has 2 N–H and O–H groups in total. The molecule has 0 aliphatic heterocycles. The van der Waals surface area contributed by atoms with E-state index in [-0.39, 0.29) is 5.91 Å². The number of carbonyl (C=O) groups is 1. The third-order valence-corrected chi connectivity index (χ3v) is 4.20. The van der Waals surface area contributed by atoms with Crippen LogP contribution < -0.4 is 5.32 Å². The van der Waals surface area contributed by atoms with Crippen molar-refractivity contribution in [1.29, 1.82) is 0 Å². The minimum Gasteiger partial charge on any atom is -0.344 e. The zero-order valence-electron chi connectivity index (χ0n) is 10.3. The van der Waals surface area contributed by atoms with Gasteiger partial charge in [-0.15, -0.1) is 11.3 Å². The molecule has 5 nitrogen and oxygen atoms in total. The maximum atomic E-state index is 12.2. The van der Waals surface area contributed by atoms with Crippen LogP contribution in [0.5, 0.6) is 0 Å². The molecule has 19 heavy (non-hydrogen) atoms. The zero-order chi connectivity index (χ0) is 13.2. The lowest BCUT2D eigenvalue weighted by Gasteiger charge is -2.01. The van der Waals surface area contributed by atoms with Crippen LogP contribution in [0, 0.1) is 6.92 Å². The number of H-pyrrole nitrogens is 1. The molecule has 0 aliphatic rings. The molecular formula is C13H12N4OS. The van der Waals surface area contributed by atoms with E-state index in [1.807, 2.05) is 31.2 Å². The molecule has 3 aromatic rings. The van der Waals surface area contributed by atoms with Crippen molar-refractivity contribution in [2.45, 2.75) is 13.5 Å². The summed E-state index contributed by atoms with van der Waals surface area (Å²) in [5.74, 6) is 0.571. The van der Waals surface area contributed by atoms with Gasteiger partial charge in [-0.25, -0.2) is 4.98 Å². The van der Waals surface area contributed by atoms with Gasteiger partial charge in [0, 0.05) is 4.70 Å². The summed E-state index contributed by atoms with van der Waals surface area (Å²) < 4.78 is 1.13. The van der Waals surface area contributed by atoms with E-state index in [2.05, 4.69) is 20.5 Å². The van der Waals surface area contributed by atoms with Crippen molar-refractivity contribution >= 4 is 27.3 Å². The second-order valence-electron chi connectivity index (χ2n) is 4.17. The van der Waals surface area contributed by atoms with Crippen LogP contribution in [-0.2, 0) is 6.54 Å². The molecule has 0 saturated heterocycles. The summed E-state index contributed by atoms with van der Waals surface area (Å²) in [6, 6.07) is 8.03. The molecule has 1 aromatic carbocycles. The summed E-state index contributed by atoms with van der Waals surface area (Å²) in [6.07, 6.45) is 1.42. The average Bonchev–Trinajstić information content (AvgIpc) is 3.05. The molecule has 1 amide bonds. The normalized spacial score (nSPS) is 10.8. The van der Waals surface area contributed by atoms with Crippen LogP contribution in [-0.4, -0.2) is 21.1 Å². The first-order chi connectivity index (χ1) is 9.25. The average molecular weight is 272 g/mol. The monoisotopic (exact) mass is 272 g/mol. The summed E-state index contributed by atoms with van der Waals surface area (Å²) >= 11 is 1.51. The molecule has 0 spiro atoms. The van der Waals surface area contributed by atoms with E-state index in [1.165, 1.54) is 17.7 Å². The third-order valence-electron chi connectivity index (χ3n) is 2.93. The lowest BCUT2D eigenvalue weighted by molar-refractivity contribution is 0.0953. The van der Waals surface area contributed by atoms with Gasteiger partial charge in [0.1, 0.15) is 12.2 Å². The topological polar surface area (TPSA) is 70.7 Å². The Labute approximate surface area is 113 Å². The van der Waals surface area contributed by atoms with Gasteiger partial charge in [-0.05, 0) is 23.9 Å².